The van der Waals surface area contributed by atoms with Gasteiger partial charge >= 0.3 is 0 Å². The monoisotopic (exact) mass is 355 g/mol. The van der Waals surface area contributed by atoms with Crippen LogP contribution in [0.15, 0.2) is 0 Å². The maximum Gasteiger partial charge on any atom is 0.0590 e. The molecule has 0 aliphatic heterocycles. The lowest BCUT2D eigenvalue weighted by molar-refractivity contribution is 0.263. The third kappa shape index (κ3) is 17.1. The smallest absolute Gasteiger partial charge is 0.0590 e. The van der Waals surface area contributed by atoms with Crippen LogP contribution in [0.1, 0.15) is 113 Å². The summed E-state index contributed by atoms with van der Waals surface area (Å²) in [6.45, 7) is 18.1. The predicted molar refractivity (Wildman–Crippen MR) is 114 cm³/mol. The molecular formula is C22H49N3. The lowest BCUT2D eigenvalue weighted by Gasteiger charge is -2.33. The molecule has 0 aliphatic rings. The summed E-state index contributed by atoms with van der Waals surface area (Å²) in [5.41, 5.74) is 0.173. The standard InChI is InChI=1S/C22H49N3/c1-9-10-11-12-13-14-15-16-20(25-22(6,7)8)17-21(23-18(2)3)24-19(4)5/h18-21,23-25H,9-17H2,1-8H3. The molecule has 3 nitrogen and oxygen atoms in total. The maximum atomic E-state index is 3.86. The summed E-state index contributed by atoms with van der Waals surface area (Å²) in [6.07, 6.45) is 12.5. The van der Waals surface area contributed by atoms with Crippen molar-refractivity contribution in [2.75, 3.05) is 0 Å². The molecule has 0 bridgehead atoms. The summed E-state index contributed by atoms with van der Waals surface area (Å²) in [7, 11) is 0. The largest absolute Gasteiger partial charge is 0.309 e. The van der Waals surface area contributed by atoms with E-state index in [9.17, 15) is 0 Å². The minimum absolute atomic E-state index is 0.173. The van der Waals surface area contributed by atoms with Crippen molar-refractivity contribution in [2.45, 2.75) is 143 Å². The van der Waals surface area contributed by atoms with Crippen LogP contribution in [0.4, 0.5) is 0 Å². The molecule has 1 atom stereocenters. The molecule has 152 valence electrons. The molecule has 1 unspecified atom stereocenters. The first-order valence-electron chi connectivity index (χ1n) is 10.9. The highest BCUT2D eigenvalue weighted by molar-refractivity contribution is 4.83. The summed E-state index contributed by atoms with van der Waals surface area (Å²) in [5, 5.41) is 11.3. The minimum Gasteiger partial charge on any atom is -0.309 e. The molecule has 0 saturated carbocycles. The van der Waals surface area contributed by atoms with E-state index in [2.05, 4.69) is 71.3 Å². The molecule has 0 rings (SSSR count). The zero-order chi connectivity index (χ0) is 19.3. The summed E-state index contributed by atoms with van der Waals surface area (Å²) < 4.78 is 0. The van der Waals surface area contributed by atoms with E-state index in [0.29, 0.717) is 24.3 Å². The molecule has 3 heteroatoms. The molecule has 0 fully saturated rings. The van der Waals surface area contributed by atoms with E-state index in [0.717, 1.165) is 6.42 Å². The van der Waals surface area contributed by atoms with Crippen LogP contribution < -0.4 is 16.0 Å². The van der Waals surface area contributed by atoms with Crippen molar-refractivity contribution in [1.29, 1.82) is 0 Å². The second kappa shape index (κ2) is 14.0. The summed E-state index contributed by atoms with van der Waals surface area (Å²) in [4.78, 5) is 0. The van der Waals surface area contributed by atoms with Gasteiger partial charge in [0.15, 0.2) is 0 Å². The van der Waals surface area contributed by atoms with Gasteiger partial charge in [0, 0.05) is 23.7 Å². The first kappa shape index (κ1) is 24.9. The Labute approximate surface area is 159 Å². The quantitative estimate of drug-likeness (QED) is 0.264. The second-order valence-corrected chi connectivity index (χ2v) is 9.43. The SMILES string of the molecule is CCCCCCCCCC(CC(NC(C)C)NC(C)C)NC(C)(C)C. The Morgan fingerprint density at radius 2 is 1.20 bits per heavy atom. The highest BCUT2D eigenvalue weighted by Crippen LogP contribution is 2.15. The molecule has 0 saturated heterocycles. The number of unbranched alkanes of at least 4 members (excludes halogenated alkanes) is 6. The second-order valence-electron chi connectivity index (χ2n) is 9.43. The molecule has 3 N–H and O–H groups in total. The van der Waals surface area contributed by atoms with Gasteiger partial charge in [0.2, 0.25) is 0 Å². The van der Waals surface area contributed by atoms with Gasteiger partial charge in [-0.25, -0.2) is 0 Å². The zero-order valence-electron chi connectivity index (χ0n) is 18.7. The molecule has 0 aromatic rings. The van der Waals surface area contributed by atoms with Gasteiger partial charge in [-0.15, -0.1) is 0 Å². The fourth-order valence-electron chi connectivity index (χ4n) is 3.48. The van der Waals surface area contributed by atoms with Crippen molar-refractivity contribution in [3.8, 4) is 0 Å². The normalized spacial score (nSPS) is 14.0. The van der Waals surface area contributed by atoms with Gasteiger partial charge in [-0.1, -0.05) is 51.9 Å². The average Bonchev–Trinajstić information content (AvgIpc) is 2.43. The minimum atomic E-state index is 0.173. The fourth-order valence-corrected chi connectivity index (χ4v) is 3.48. The number of rotatable bonds is 15. The van der Waals surface area contributed by atoms with Gasteiger partial charge in [-0.05, 0) is 61.3 Å². The van der Waals surface area contributed by atoms with Gasteiger partial charge in [0.25, 0.3) is 0 Å². The molecule has 0 aromatic heterocycles. The van der Waals surface area contributed by atoms with Crippen LogP contribution in [0.3, 0.4) is 0 Å². The van der Waals surface area contributed by atoms with Crippen LogP contribution in [0.5, 0.6) is 0 Å². The van der Waals surface area contributed by atoms with E-state index in [1.165, 1.54) is 51.4 Å². The molecule has 0 amide bonds. The molecule has 0 aromatic carbocycles. The Kier molecular flexibility index (Phi) is 13.9. The van der Waals surface area contributed by atoms with E-state index in [1.54, 1.807) is 0 Å². The highest BCUT2D eigenvalue weighted by atomic mass is 15.2. The van der Waals surface area contributed by atoms with E-state index in [4.69, 9.17) is 0 Å². The van der Waals surface area contributed by atoms with Crippen molar-refractivity contribution in [3.63, 3.8) is 0 Å². The number of hydrogen-bond acceptors (Lipinski definition) is 3. The van der Waals surface area contributed by atoms with Gasteiger partial charge in [0.1, 0.15) is 0 Å². The highest BCUT2D eigenvalue weighted by Gasteiger charge is 2.21. The van der Waals surface area contributed by atoms with Crippen LogP contribution in [0.2, 0.25) is 0 Å². The lowest BCUT2D eigenvalue weighted by atomic mass is 9.98. The Bertz CT molecular complexity index is 284. The van der Waals surface area contributed by atoms with Crippen LogP contribution in [-0.4, -0.2) is 29.8 Å². The lowest BCUT2D eigenvalue weighted by Crippen LogP contribution is -2.53. The van der Waals surface area contributed by atoms with Crippen molar-refractivity contribution in [2.24, 2.45) is 0 Å². The van der Waals surface area contributed by atoms with Crippen LogP contribution in [0.25, 0.3) is 0 Å². The Balaban J connectivity index is 4.42. The Morgan fingerprint density at radius 3 is 1.64 bits per heavy atom. The first-order valence-corrected chi connectivity index (χ1v) is 10.9. The van der Waals surface area contributed by atoms with E-state index < -0.39 is 0 Å². The van der Waals surface area contributed by atoms with Crippen LogP contribution >= 0.6 is 0 Å². The molecule has 0 heterocycles. The van der Waals surface area contributed by atoms with Gasteiger partial charge in [-0.2, -0.15) is 0 Å². The zero-order valence-corrected chi connectivity index (χ0v) is 18.7. The number of nitrogens with one attached hydrogen (secondary N) is 3. The number of hydrogen-bond donors (Lipinski definition) is 3. The van der Waals surface area contributed by atoms with Gasteiger partial charge < -0.3 is 5.32 Å². The Hall–Kier alpha value is -0.120. The topological polar surface area (TPSA) is 36.1 Å². The molecular weight excluding hydrogens is 306 g/mol. The molecule has 0 radical (unpaired) electrons. The summed E-state index contributed by atoms with van der Waals surface area (Å²) >= 11 is 0. The van der Waals surface area contributed by atoms with E-state index in [-0.39, 0.29) is 5.54 Å². The summed E-state index contributed by atoms with van der Waals surface area (Å²) in [6, 6.07) is 1.58. The van der Waals surface area contributed by atoms with Crippen molar-refractivity contribution < 1.29 is 0 Å². The Morgan fingerprint density at radius 1 is 0.720 bits per heavy atom. The molecule has 0 spiro atoms. The van der Waals surface area contributed by atoms with Crippen LogP contribution in [0, 0.1) is 0 Å². The van der Waals surface area contributed by atoms with Gasteiger partial charge in [-0.3, -0.25) is 10.6 Å². The van der Waals surface area contributed by atoms with Crippen molar-refractivity contribution >= 4 is 0 Å². The third-order valence-electron chi connectivity index (χ3n) is 4.38. The third-order valence-corrected chi connectivity index (χ3v) is 4.38. The maximum absolute atomic E-state index is 3.86. The van der Waals surface area contributed by atoms with E-state index >= 15 is 0 Å². The van der Waals surface area contributed by atoms with E-state index in [1.807, 2.05) is 0 Å². The van der Waals surface area contributed by atoms with Crippen molar-refractivity contribution in [1.82, 2.24) is 16.0 Å². The fraction of sp³-hybridized carbons (Fsp3) is 1.00. The van der Waals surface area contributed by atoms with Crippen molar-refractivity contribution in [3.05, 3.63) is 0 Å². The average molecular weight is 356 g/mol. The van der Waals surface area contributed by atoms with Crippen LogP contribution in [-0.2, 0) is 0 Å². The predicted octanol–water partition coefficient (Wildman–Crippen LogP) is 5.60. The molecule has 0 aliphatic carbocycles. The molecule has 25 heavy (non-hydrogen) atoms. The van der Waals surface area contributed by atoms with Gasteiger partial charge in [0.05, 0.1) is 6.17 Å². The first-order chi connectivity index (χ1) is 11.6. The summed E-state index contributed by atoms with van der Waals surface area (Å²) in [5.74, 6) is 0.